The molecule has 0 fully saturated rings. The summed E-state index contributed by atoms with van der Waals surface area (Å²) in [6.07, 6.45) is 48.4. The third-order valence-corrected chi connectivity index (χ3v) is 15.9. The van der Waals surface area contributed by atoms with Gasteiger partial charge in [-0.2, -0.15) is 0 Å². The van der Waals surface area contributed by atoms with Gasteiger partial charge in [0.15, 0.2) is 6.10 Å². The lowest BCUT2D eigenvalue weighted by Gasteiger charge is -2.21. The quantitative estimate of drug-likeness (QED) is 0.0146. The minimum atomic E-state index is -4.91. The summed E-state index contributed by atoms with van der Waals surface area (Å²) in [4.78, 5) is 58.1. The van der Waals surface area contributed by atoms with Crippen molar-refractivity contribution in [2.24, 2.45) is 0 Å². The number of phosphoric ester groups is 2. The molecule has 0 radical (unpaired) electrons. The highest BCUT2D eigenvalue weighted by Gasteiger charge is 2.29. The third kappa shape index (κ3) is 57.9. The lowest BCUT2D eigenvalue weighted by Crippen LogP contribution is -2.30. The molecule has 0 bridgehead atoms. The van der Waals surface area contributed by atoms with E-state index in [0.29, 0.717) is 19.3 Å². The SMILES string of the molecule is CCCCCC/C=C\CCCCCCCC(=O)OC(COC(=O)CCCCCCCCCCCCCCCCC)COP(=O)(O)OCC(O)COP(=O)(O)OCC(O)COC(=O)CCCCCCCCCCCCCCCCC. The van der Waals surface area contributed by atoms with Crippen molar-refractivity contribution in [2.45, 2.75) is 322 Å². The lowest BCUT2D eigenvalue weighted by molar-refractivity contribution is -0.161. The van der Waals surface area contributed by atoms with Crippen LogP contribution in [-0.4, -0.2) is 95.9 Å². The Morgan fingerprint density at radius 3 is 0.937 bits per heavy atom. The first-order valence-electron chi connectivity index (χ1n) is 32.0. The molecule has 0 rings (SSSR count). The van der Waals surface area contributed by atoms with Crippen LogP contribution in [0.2, 0.25) is 0 Å². The Morgan fingerprint density at radius 2 is 0.595 bits per heavy atom. The van der Waals surface area contributed by atoms with Crippen LogP contribution in [0, 0.1) is 0 Å². The molecule has 0 aromatic heterocycles. The summed E-state index contributed by atoms with van der Waals surface area (Å²) in [7, 11) is -9.74. The normalized spacial score (nSPS) is 14.5. The summed E-state index contributed by atoms with van der Waals surface area (Å²) in [5.74, 6) is -1.56. The number of hydrogen-bond acceptors (Lipinski definition) is 14. The van der Waals surface area contributed by atoms with Crippen LogP contribution in [0.25, 0.3) is 0 Å². The Hall–Kier alpha value is -1.71. The van der Waals surface area contributed by atoms with Gasteiger partial charge in [0, 0.05) is 19.3 Å². The molecule has 0 spiro atoms. The molecule has 0 heterocycles. The van der Waals surface area contributed by atoms with Crippen molar-refractivity contribution in [1.82, 2.24) is 0 Å². The number of unbranched alkanes of at least 4 members (excludes halogenated alkanes) is 37. The fraction of sp³-hybridized carbons (Fsp3) is 0.918. The van der Waals surface area contributed by atoms with Crippen LogP contribution in [0.1, 0.15) is 303 Å². The zero-order valence-electron chi connectivity index (χ0n) is 50.3. The molecular weight excluding hydrogens is 1050 g/mol. The monoisotopic (exact) mass is 1170 g/mol. The lowest BCUT2D eigenvalue weighted by atomic mass is 10.0. The first-order chi connectivity index (χ1) is 38.2. The van der Waals surface area contributed by atoms with Gasteiger partial charge in [-0.05, 0) is 44.9 Å². The second-order valence-electron chi connectivity index (χ2n) is 21.9. The highest BCUT2D eigenvalue weighted by atomic mass is 31.2. The smallest absolute Gasteiger partial charge is 0.463 e. The maximum absolute atomic E-state index is 12.9. The molecule has 0 aliphatic rings. The molecule has 0 saturated carbocycles. The van der Waals surface area contributed by atoms with Crippen LogP contribution in [0.15, 0.2) is 12.2 Å². The van der Waals surface area contributed by atoms with Crippen LogP contribution in [-0.2, 0) is 55.8 Å². The van der Waals surface area contributed by atoms with E-state index < -0.39 is 91.5 Å². The fourth-order valence-corrected chi connectivity index (χ4v) is 10.6. The number of esters is 3. The Balaban J connectivity index is 4.64. The summed E-state index contributed by atoms with van der Waals surface area (Å²) < 4.78 is 60.7. The van der Waals surface area contributed by atoms with E-state index in [4.69, 9.17) is 32.3 Å². The number of hydrogen-bond donors (Lipinski definition) is 4. The number of aliphatic hydroxyl groups is 2. The van der Waals surface area contributed by atoms with Crippen molar-refractivity contribution < 1.29 is 75.8 Å². The van der Waals surface area contributed by atoms with E-state index in [1.165, 1.54) is 167 Å². The highest BCUT2D eigenvalue weighted by Crippen LogP contribution is 2.45. The number of phosphoric acid groups is 2. The largest absolute Gasteiger partial charge is 0.472 e. The molecule has 5 atom stereocenters. The van der Waals surface area contributed by atoms with Crippen LogP contribution >= 0.6 is 15.6 Å². The van der Waals surface area contributed by atoms with Gasteiger partial charge in [-0.15, -0.1) is 0 Å². The Bertz CT molecular complexity index is 1520. The van der Waals surface area contributed by atoms with E-state index in [1.807, 2.05) is 0 Å². The summed E-state index contributed by atoms with van der Waals surface area (Å²) >= 11 is 0. The van der Waals surface area contributed by atoms with Gasteiger partial charge in [-0.1, -0.05) is 251 Å². The molecule has 18 heteroatoms. The van der Waals surface area contributed by atoms with Crippen LogP contribution in [0.4, 0.5) is 0 Å². The molecule has 0 saturated heterocycles. The molecule has 4 N–H and O–H groups in total. The molecule has 5 unspecified atom stereocenters. The van der Waals surface area contributed by atoms with Gasteiger partial charge in [-0.25, -0.2) is 9.13 Å². The summed E-state index contributed by atoms with van der Waals surface area (Å²) in [6.45, 7) is 2.70. The van der Waals surface area contributed by atoms with Crippen molar-refractivity contribution >= 4 is 33.6 Å². The standard InChI is InChI=1S/C61H118O16P2/c1-4-7-10-13-16-19-22-25-27-30-32-35-38-41-44-47-59(64)71-50-56(62)51-73-78(67,68)74-52-57(63)53-75-79(69,70)76-55-58(77-61(66)49-46-43-40-37-34-29-24-21-18-15-12-9-6-3)54-72-60(65)48-45-42-39-36-33-31-28-26-23-20-17-14-11-8-5-2/h21,24,56-58,62-63H,4-20,22-23,25-55H2,1-3H3,(H,67,68)(H,69,70)/b24-21-. The number of ether oxygens (including phenoxy) is 3. The Labute approximate surface area is 481 Å². The number of carbonyl (C=O) groups excluding carboxylic acids is 3. The van der Waals surface area contributed by atoms with Gasteiger partial charge >= 0.3 is 33.6 Å². The maximum atomic E-state index is 12.9. The van der Waals surface area contributed by atoms with Crippen molar-refractivity contribution in [3.63, 3.8) is 0 Å². The van der Waals surface area contributed by atoms with Gasteiger partial charge < -0.3 is 34.2 Å². The molecular formula is C61H118O16P2. The number of rotatable bonds is 62. The van der Waals surface area contributed by atoms with E-state index >= 15 is 0 Å². The molecule has 16 nitrogen and oxygen atoms in total. The van der Waals surface area contributed by atoms with Gasteiger partial charge in [0.2, 0.25) is 0 Å². The zero-order valence-corrected chi connectivity index (χ0v) is 52.1. The minimum Gasteiger partial charge on any atom is -0.463 e. The predicted molar refractivity (Wildman–Crippen MR) is 317 cm³/mol. The maximum Gasteiger partial charge on any atom is 0.472 e. The van der Waals surface area contributed by atoms with E-state index in [-0.39, 0.29) is 19.3 Å². The molecule has 0 aliphatic heterocycles. The van der Waals surface area contributed by atoms with Gasteiger partial charge in [0.1, 0.15) is 25.4 Å². The average molecular weight is 1170 g/mol. The van der Waals surface area contributed by atoms with Crippen LogP contribution < -0.4 is 0 Å². The zero-order chi connectivity index (χ0) is 58.2. The molecule has 0 aliphatic carbocycles. The Morgan fingerprint density at radius 1 is 0.342 bits per heavy atom. The summed E-state index contributed by atoms with van der Waals surface area (Å²) in [6, 6.07) is 0. The predicted octanol–water partition coefficient (Wildman–Crippen LogP) is 16.8. The molecule has 0 aromatic carbocycles. The summed E-state index contributed by atoms with van der Waals surface area (Å²) in [5.41, 5.74) is 0. The topological polar surface area (TPSA) is 231 Å². The van der Waals surface area contributed by atoms with Crippen molar-refractivity contribution in [3.05, 3.63) is 12.2 Å². The van der Waals surface area contributed by atoms with E-state index in [1.54, 1.807) is 0 Å². The second-order valence-corrected chi connectivity index (χ2v) is 24.8. The molecule has 0 amide bonds. The van der Waals surface area contributed by atoms with Gasteiger partial charge in [0.25, 0.3) is 0 Å². The van der Waals surface area contributed by atoms with Gasteiger partial charge in [0.05, 0.1) is 26.4 Å². The first kappa shape index (κ1) is 77.3. The number of allylic oxidation sites excluding steroid dienone is 2. The van der Waals surface area contributed by atoms with Gasteiger partial charge in [-0.3, -0.25) is 32.5 Å². The van der Waals surface area contributed by atoms with Crippen molar-refractivity contribution in [3.8, 4) is 0 Å². The molecule has 468 valence electrons. The van der Waals surface area contributed by atoms with E-state index in [0.717, 1.165) is 77.0 Å². The average Bonchev–Trinajstić information content (AvgIpc) is 3.42. The van der Waals surface area contributed by atoms with Crippen LogP contribution in [0.3, 0.4) is 0 Å². The number of carbonyl (C=O) groups is 3. The van der Waals surface area contributed by atoms with E-state index in [2.05, 4.69) is 32.9 Å². The first-order valence-corrected chi connectivity index (χ1v) is 35.0. The van der Waals surface area contributed by atoms with Crippen molar-refractivity contribution in [1.29, 1.82) is 0 Å². The highest BCUT2D eigenvalue weighted by molar-refractivity contribution is 7.47. The Kier molecular flexibility index (Phi) is 55.5. The second kappa shape index (κ2) is 56.8. The van der Waals surface area contributed by atoms with Crippen LogP contribution in [0.5, 0.6) is 0 Å². The fourth-order valence-electron chi connectivity index (χ4n) is 9.04. The molecule has 79 heavy (non-hydrogen) atoms. The minimum absolute atomic E-state index is 0.102. The molecule has 0 aromatic rings. The summed E-state index contributed by atoms with van der Waals surface area (Å²) in [5, 5.41) is 20.5. The van der Waals surface area contributed by atoms with Crippen molar-refractivity contribution in [2.75, 3.05) is 39.6 Å². The van der Waals surface area contributed by atoms with E-state index in [9.17, 15) is 43.5 Å². The number of aliphatic hydroxyl groups excluding tert-OH is 2. The third-order valence-electron chi connectivity index (χ3n) is 14.0.